The summed E-state index contributed by atoms with van der Waals surface area (Å²) < 4.78 is 32.0. The van der Waals surface area contributed by atoms with Gasteiger partial charge in [0.05, 0.1) is 13.7 Å². The second kappa shape index (κ2) is 8.86. The molecule has 4 nitrogen and oxygen atoms in total. The minimum Gasteiger partial charge on any atom is -0.497 e. The highest BCUT2D eigenvalue weighted by Gasteiger charge is 2.05. The van der Waals surface area contributed by atoms with Gasteiger partial charge in [0.15, 0.2) is 5.96 Å². The SMILES string of the molecule is CCNC(=NCc1cccc(OC)c1)NCc1cc(F)ccc1F. The monoisotopic (exact) mass is 333 g/mol. The zero-order valence-corrected chi connectivity index (χ0v) is 13.8. The Bertz CT molecular complexity index is 704. The molecule has 2 N–H and O–H groups in total. The first-order valence-electron chi connectivity index (χ1n) is 7.71. The number of benzene rings is 2. The van der Waals surface area contributed by atoms with Gasteiger partial charge in [-0.05, 0) is 42.8 Å². The molecule has 0 aliphatic rings. The molecular weight excluding hydrogens is 312 g/mol. The van der Waals surface area contributed by atoms with Gasteiger partial charge in [-0.1, -0.05) is 12.1 Å². The predicted octanol–water partition coefficient (Wildman–Crippen LogP) is 3.23. The lowest BCUT2D eigenvalue weighted by atomic mass is 10.2. The van der Waals surface area contributed by atoms with E-state index >= 15 is 0 Å². The number of hydrogen-bond acceptors (Lipinski definition) is 2. The second-order valence-corrected chi connectivity index (χ2v) is 5.14. The number of rotatable bonds is 6. The van der Waals surface area contributed by atoms with Crippen molar-refractivity contribution in [2.24, 2.45) is 4.99 Å². The van der Waals surface area contributed by atoms with Crippen molar-refractivity contribution >= 4 is 5.96 Å². The Kier molecular flexibility index (Phi) is 6.54. The third kappa shape index (κ3) is 5.22. The Hall–Kier alpha value is -2.63. The molecule has 24 heavy (non-hydrogen) atoms. The average molecular weight is 333 g/mol. The summed E-state index contributed by atoms with van der Waals surface area (Å²) >= 11 is 0. The van der Waals surface area contributed by atoms with Crippen molar-refractivity contribution in [3.63, 3.8) is 0 Å². The van der Waals surface area contributed by atoms with Gasteiger partial charge in [0, 0.05) is 18.7 Å². The van der Waals surface area contributed by atoms with Gasteiger partial charge in [-0.3, -0.25) is 0 Å². The van der Waals surface area contributed by atoms with Gasteiger partial charge >= 0.3 is 0 Å². The number of hydrogen-bond donors (Lipinski definition) is 2. The summed E-state index contributed by atoms with van der Waals surface area (Å²) in [7, 11) is 1.61. The third-order valence-corrected chi connectivity index (χ3v) is 3.35. The fraction of sp³-hybridized carbons (Fsp3) is 0.278. The van der Waals surface area contributed by atoms with Crippen molar-refractivity contribution in [1.82, 2.24) is 10.6 Å². The zero-order chi connectivity index (χ0) is 17.4. The van der Waals surface area contributed by atoms with Crippen molar-refractivity contribution in [3.05, 3.63) is 65.2 Å². The van der Waals surface area contributed by atoms with Crippen LogP contribution in [0.3, 0.4) is 0 Å². The molecule has 0 bridgehead atoms. The van der Waals surface area contributed by atoms with E-state index in [1.807, 2.05) is 31.2 Å². The van der Waals surface area contributed by atoms with E-state index in [1.165, 1.54) is 6.07 Å². The molecule has 0 fully saturated rings. The maximum absolute atomic E-state index is 13.7. The van der Waals surface area contributed by atoms with Crippen molar-refractivity contribution in [2.75, 3.05) is 13.7 Å². The fourth-order valence-corrected chi connectivity index (χ4v) is 2.14. The molecule has 0 amide bonds. The number of guanidine groups is 1. The Balaban J connectivity index is 2.03. The number of methoxy groups -OCH3 is 1. The quantitative estimate of drug-likeness (QED) is 0.630. The number of halogens is 2. The Morgan fingerprint density at radius 2 is 1.96 bits per heavy atom. The summed E-state index contributed by atoms with van der Waals surface area (Å²) in [6.07, 6.45) is 0. The molecule has 0 saturated heterocycles. The van der Waals surface area contributed by atoms with Gasteiger partial charge in [0.2, 0.25) is 0 Å². The third-order valence-electron chi connectivity index (χ3n) is 3.35. The number of nitrogens with zero attached hydrogens (tertiary/aromatic N) is 1. The van der Waals surface area contributed by atoms with E-state index in [9.17, 15) is 8.78 Å². The van der Waals surface area contributed by atoms with Gasteiger partial charge in [-0.15, -0.1) is 0 Å². The highest BCUT2D eigenvalue weighted by Crippen LogP contribution is 2.13. The molecule has 128 valence electrons. The first-order chi connectivity index (χ1) is 11.6. The van der Waals surface area contributed by atoms with E-state index in [1.54, 1.807) is 7.11 Å². The van der Waals surface area contributed by atoms with E-state index in [-0.39, 0.29) is 12.1 Å². The molecule has 0 aliphatic carbocycles. The summed E-state index contributed by atoms with van der Waals surface area (Å²) in [4.78, 5) is 4.45. The molecule has 6 heteroatoms. The molecule has 0 spiro atoms. The highest BCUT2D eigenvalue weighted by atomic mass is 19.1. The summed E-state index contributed by atoms with van der Waals surface area (Å²) in [5.41, 5.74) is 1.24. The lowest BCUT2D eigenvalue weighted by Gasteiger charge is -2.12. The van der Waals surface area contributed by atoms with Crippen molar-refractivity contribution in [3.8, 4) is 5.75 Å². The van der Waals surface area contributed by atoms with Gasteiger partial charge in [-0.25, -0.2) is 13.8 Å². The molecule has 0 aliphatic heterocycles. The van der Waals surface area contributed by atoms with E-state index in [0.29, 0.717) is 19.0 Å². The van der Waals surface area contributed by atoms with Gasteiger partial charge < -0.3 is 15.4 Å². The lowest BCUT2D eigenvalue weighted by molar-refractivity contribution is 0.414. The van der Waals surface area contributed by atoms with Crippen LogP contribution in [-0.2, 0) is 13.1 Å². The molecule has 0 radical (unpaired) electrons. The number of aliphatic imine (C=N–C) groups is 1. The Morgan fingerprint density at radius 1 is 1.12 bits per heavy atom. The average Bonchev–Trinajstić information content (AvgIpc) is 2.60. The van der Waals surface area contributed by atoms with Gasteiger partial charge in [-0.2, -0.15) is 0 Å². The smallest absolute Gasteiger partial charge is 0.191 e. The van der Waals surface area contributed by atoms with E-state index in [2.05, 4.69) is 15.6 Å². The number of nitrogens with one attached hydrogen (secondary N) is 2. The predicted molar refractivity (Wildman–Crippen MR) is 91.0 cm³/mol. The van der Waals surface area contributed by atoms with Crippen LogP contribution in [0.2, 0.25) is 0 Å². The summed E-state index contributed by atoms with van der Waals surface area (Å²) in [6.45, 7) is 3.19. The zero-order valence-electron chi connectivity index (χ0n) is 13.8. The lowest BCUT2D eigenvalue weighted by Crippen LogP contribution is -2.37. The Labute approximate surface area is 140 Å². The largest absolute Gasteiger partial charge is 0.497 e. The van der Waals surface area contributed by atoms with E-state index in [4.69, 9.17) is 4.74 Å². The van der Waals surface area contributed by atoms with Crippen molar-refractivity contribution < 1.29 is 13.5 Å². The van der Waals surface area contributed by atoms with Gasteiger partial charge in [0.1, 0.15) is 17.4 Å². The maximum atomic E-state index is 13.7. The van der Waals surface area contributed by atoms with Crippen LogP contribution < -0.4 is 15.4 Å². The topological polar surface area (TPSA) is 45.7 Å². The fourth-order valence-electron chi connectivity index (χ4n) is 2.14. The normalized spacial score (nSPS) is 11.2. The van der Waals surface area contributed by atoms with E-state index in [0.717, 1.165) is 23.4 Å². The van der Waals surface area contributed by atoms with Crippen LogP contribution in [0.1, 0.15) is 18.1 Å². The number of ether oxygens (including phenoxy) is 1. The summed E-state index contributed by atoms with van der Waals surface area (Å²) in [6, 6.07) is 11.0. The molecule has 2 aromatic rings. The molecular formula is C18H21F2N3O. The molecule has 2 aromatic carbocycles. The van der Waals surface area contributed by atoms with Crippen molar-refractivity contribution in [2.45, 2.75) is 20.0 Å². The first-order valence-corrected chi connectivity index (χ1v) is 7.71. The minimum atomic E-state index is -0.466. The summed E-state index contributed by atoms with van der Waals surface area (Å²) in [5.74, 6) is 0.380. The highest BCUT2D eigenvalue weighted by molar-refractivity contribution is 5.79. The molecule has 0 saturated carbocycles. The maximum Gasteiger partial charge on any atom is 0.191 e. The summed E-state index contributed by atoms with van der Waals surface area (Å²) in [5, 5.41) is 6.08. The van der Waals surface area contributed by atoms with Crippen LogP contribution in [0, 0.1) is 11.6 Å². The molecule has 0 aromatic heterocycles. The second-order valence-electron chi connectivity index (χ2n) is 5.14. The molecule has 0 unspecified atom stereocenters. The minimum absolute atomic E-state index is 0.146. The van der Waals surface area contributed by atoms with Crippen LogP contribution in [-0.4, -0.2) is 19.6 Å². The first kappa shape index (κ1) is 17.7. The van der Waals surface area contributed by atoms with Crippen LogP contribution in [0.25, 0.3) is 0 Å². The van der Waals surface area contributed by atoms with Crippen LogP contribution in [0.15, 0.2) is 47.5 Å². The van der Waals surface area contributed by atoms with Gasteiger partial charge in [0.25, 0.3) is 0 Å². The van der Waals surface area contributed by atoms with Crippen LogP contribution in [0.4, 0.5) is 8.78 Å². The molecule has 2 rings (SSSR count). The van der Waals surface area contributed by atoms with Crippen molar-refractivity contribution in [1.29, 1.82) is 0 Å². The van der Waals surface area contributed by atoms with Crippen LogP contribution >= 0.6 is 0 Å². The van der Waals surface area contributed by atoms with E-state index < -0.39 is 11.6 Å². The standard InChI is InChI=1S/C18H21F2N3O/c1-3-21-18(22-11-13-5-4-6-16(9-13)24-2)23-12-14-10-15(19)7-8-17(14)20/h4-10H,3,11-12H2,1-2H3,(H2,21,22,23). The molecule has 0 atom stereocenters. The van der Waals surface area contributed by atoms with Crippen LogP contribution in [0.5, 0.6) is 5.75 Å². The Morgan fingerprint density at radius 3 is 2.71 bits per heavy atom. The molecule has 0 heterocycles.